The number of nitro benzene ring substituents is 1. The van der Waals surface area contributed by atoms with Crippen LogP contribution in [0.25, 0.3) is 0 Å². The highest BCUT2D eigenvalue weighted by Gasteiger charge is 2.21. The Balaban J connectivity index is 2.08. The average molecular weight is 449 g/mol. The van der Waals surface area contributed by atoms with E-state index in [9.17, 15) is 14.9 Å². The van der Waals surface area contributed by atoms with Gasteiger partial charge in [-0.1, -0.05) is 56.3 Å². The zero-order valence-electron chi connectivity index (χ0n) is 17.8. The van der Waals surface area contributed by atoms with Gasteiger partial charge in [0.25, 0.3) is 5.69 Å². The Bertz CT molecular complexity index is 1150. The maximum atomic E-state index is 11.7. The Hall–Kier alpha value is -3.78. The van der Waals surface area contributed by atoms with Crippen LogP contribution in [0.2, 0.25) is 0 Å². The van der Waals surface area contributed by atoms with E-state index in [0.29, 0.717) is 17.2 Å². The van der Waals surface area contributed by atoms with Crippen LogP contribution >= 0.6 is 12.2 Å². The third kappa shape index (κ3) is 5.28. The van der Waals surface area contributed by atoms with Crippen LogP contribution in [0.3, 0.4) is 0 Å². The fourth-order valence-electron chi connectivity index (χ4n) is 3.35. The number of nitro groups is 1. The van der Waals surface area contributed by atoms with Crippen LogP contribution in [0, 0.1) is 10.1 Å². The van der Waals surface area contributed by atoms with Crippen molar-refractivity contribution in [1.29, 1.82) is 0 Å². The van der Waals surface area contributed by atoms with Crippen molar-refractivity contribution in [2.75, 3.05) is 10.2 Å². The molecular weight excluding hydrogens is 424 g/mol. The Morgan fingerprint density at radius 3 is 2.31 bits per heavy atom. The second kappa shape index (κ2) is 10.0. The zero-order valence-corrected chi connectivity index (χ0v) is 18.6. The molecule has 3 aromatic rings. The van der Waals surface area contributed by atoms with E-state index in [1.807, 2.05) is 48.5 Å². The van der Waals surface area contributed by atoms with E-state index >= 15 is 0 Å². The van der Waals surface area contributed by atoms with E-state index in [-0.39, 0.29) is 22.9 Å². The van der Waals surface area contributed by atoms with Crippen LogP contribution in [0.15, 0.2) is 72.8 Å². The molecule has 0 spiro atoms. The Morgan fingerprint density at radius 2 is 1.69 bits per heavy atom. The highest BCUT2D eigenvalue weighted by atomic mass is 32.1. The number of nitrogens with one attached hydrogen (secondary N) is 1. The minimum atomic E-state index is -0.467. The maximum absolute atomic E-state index is 11.7. The largest absolute Gasteiger partial charge is 0.369 e. The van der Waals surface area contributed by atoms with Crippen LogP contribution in [-0.4, -0.2) is 15.9 Å². The second-order valence-electron chi connectivity index (χ2n) is 7.56. The lowest BCUT2D eigenvalue weighted by molar-refractivity contribution is -0.383. The number of rotatable bonds is 7. The highest BCUT2D eigenvalue weighted by Crippen LogP contribution is 2.32. The van der Waals surface area contributed by atoms with E-state index in [4.69, 9.17) is 18.0 Å². The monoisotopic (exact) mass is 448 g/mol. The summed E-state index contributed by atoms with van der Waals surface area (Å²) >= 11 is 5.70. The fourth-order valence-corrected chi connectivity index (χ4v) is 3.66. The smallest absolute Gasteiger partial charge is 0.292 e. The van der Waals surface area contributed by atoms with Crippen molar-refractivity contribution < 1.29 is 9.72 Å². The van der Waals surface area contributed by atoms with Gasteiger partial charge in [-0.3, -0.25) is 19.8 Å². The Labute approximate surface area is 192 Å². The number of hydrogen-bond donors (Lipinski definition) is 2. The zero-order chi connectivity index (χ0) is 23.3. The topological polar surface area (TPSA) is 102 Å². The molecule has 1 amide bonds. The number of thiocarbonyl (C=S) groups is 1. The van der Waals surface area contributed by atoms with Gasteiger partial charge in [0.1, 0.15) is 5.69 Å². The summed E-state index contributed by atoms with van der Waals surface area (Å²) in [6.07, 6.45) is 0.0326. The highest BCUT2D eigenvalue weighted by molar-refractivity contribution is 7.80. The summed E-state index contributed by atoms with van der Waals surface area (Å²) in [7, 11) is 0. The van der Waals surface area contributed by atoms with Crippen molar-refractivity contribution in [3.05, 3.63) is 94.0 Å². The molecule has 0 aliphatic heterocycles. The van der Waals surface area contributed by atoms with Gasteiger partial charge in [0.05, 0.1) is 17.0 Å². The number of primary amides is 1. The van der Waals surface area contributed by atoms with Crippen molar-refractivity contribution in [3.8, 4) is 0 Å². The normalized spacial score (nSPS) is 10.6. The standard InChI is InChI=1S/C24H24N4O3S/c1-16(2)17-11-13-19(14-12-17)27(21-9-5-3-7-18(21)15-23(25)29)24(32)26-20-8-4-6-10-22(20)28(30)31/h3-14,16H,15H2,1-2H3,(H2,25,29)(H,26,32). The molecule has 8 heteroatoms. The maximum Gasteiger partial charge on any atom is 0.292 e. The summed E-state index contributed by atoms with van der Waals surface area (Å²) in [6, 6.07) is 21.5. The lowest BCUT2D eigenvalue weighted by atomic mass is 10.0. The van der Waals surface area contributed by atoms with Crippen molar-refractivity contribution >= 4 is 46.0 Å². The lowest BCUT2D eigenvalue weighted by Crippen LogP contribution is -2.32. The molecule has 7 nitrogen and oxygen atoms in total. The fraction of sp³-hybridized carbons (Fsp3) is 0.167. The predicted octanol–water partition coefficient (Wildman–Crippen LogP) is 5.28. The van der Waals surface area contributed by atoms with E-state index in [1.54, 1.807) is 23.1 Å². The molecule has 0 radical (unpaired) electrons. The first-order chi connectivity index (χ1) is 15.3. The van der Waals surface area contributed by atoms with Crippen molar-refractivity contribution in [1.82, 2.24) is 0 Å². The molecule has 3 rings (SSSR count). The van der Waals surface area contributed by atoms with Crippen LogP contribution in [0.5, 0.6) is 0 Å². The quantitative estimate of drug-likeness (QED) is 0.290. The van der Waals surface area contributed by atoms with Gasteiger partial charge in [0.15, 0.2) is 5.11 Å². The third-order valence-electron chi connectivity index (χ3n) is 4.96. The summed E-state index contributed by atoms with van der Waals surface area (Å²) in [4.78, 5) is 24.4. The molecular formula is C24H24N4O3S. The number of para-hydroxylation sites is 3. The van der Waals surface area contributed by atoms with Gasteiger partial charge in [0.2, 0.25) is 5.91 Å². The van der Waals surface area contributed by atoms with Gasteiger partial charge < -0.3 is 11.1 Å². The van der Waals surface area contributed by atoms with E-state index < -0.39 is 10.8 Å². The number of anilines is 3. The van der Waals surface area contributed by atoms with Gasteiger partial charge in [-0.15, -0.1) is 0 Å². The SMILES string of the molecule is CC(C)c1ccc(N(C(=S)Nc2ccccc2[N+](=O)[O-])c2ccccc2CC(N)=O)cc1. The van der Waals surface area contributed by atoms with Gasteiger partial charge in [-0.25, -0.2) is 0 Å². The van der Waals surface area contributed by atoms with Crippen LogP contribution in [0.4, 0.5) is 22.7 Å². The second-order valence-corrected chi connectivity index (χ2v) is 7.94. The minimum Gasteiger partial charge on any atom is -0.369 e. The molecule has 0 atom stereocenters. The van der Waals surface area contributed by atoms with E-state index in [0.717, 1.165) is 11.3 Å². The number of carbonyl (C=O) groups excluding carboxylic acids is 1. The molecule has 0 bridgehead atoms. The van der Waals surface area contributed by atoms with Gasteiger partial charge in [-0.2, -0.15) is 0 Å². The molecule has 0 aliphatic rings. The van der Waals surface area contributed by atoms with Gasteiger partial charge in [0, 0.05) is 11.8 Å². The Kier molecular flexibility index (Phi) is 7.17. The molecule has 3 aromatic carbocycles. The first-order valence-corrected chi connectivity index (χ1v) is 10.5. The van der Waals surface area contributed by atoms with Gasteiger partial charge >= 0.3 is 0 Å². The number of amides is 1. The molecule has 0 aliphatic carbocycles. The number of carbonyl (C=O) groups is 1. The third-order valence-corrected chi connectivity index (χ3v) is 5.25. The van der Waals surface area contributed by atoms with Crippen LogP contribution in [0.1, 0.15) is 30.9 Å². The molecule has 0 unspecified atom stereocenters. The summed E-state index contributed by atoms with van der Waals surface area (Å²) in [6.45, 7) is 4.21. The number of hydrogen-bond acceptors (Lipinski definition) is 4. The summed E-state index contributed by atoms with van der Waals surface area (Å²) in [5.41, 5.74) is 8.92. The van der Waals surface area contributed by atoms with E-state index in [2.05, 4.69) is 19.2 Å². The number of nitrogens with two attached hydrogens (primary N) is 1. The predicted molar refractivity (Wildman–Crippen MR) is 131 cm³/mol. The van der Waals surface area contributed by atoms with Crippen molar-refractivity contribution in [3.63, 3.8) is 0 Å². The minimum absolute atomic E-state index is 0.0326. The first-order valence-electron chi connectivity index (χ1n) is 10.1. The van der Waals surface area contributed by atoms with Gasteiger partial charge in [-0.05, 0) is 53.5 Å². The summed E-state index contributed by atoms with van der Waals surface area (Å²) in [5.74, 6) is -0.109. The number of benzene rings is 3. The summed E-state index contributed by atoms with van der Waals surface area (Å²) in [5, 5.41) is 14.7. The molecule has 3 N–H and O–H groups in total. The molecule has 0 heterocycles. The van der Waals surface area contributed by atoms with Crippen LogP contribution in [-0.2, 0) is 11.2 Å². The molecule has 0 saturated heterocycles. The Morgan fingerprint density at radius 1 is 1.06 bits per heavy atom. The average Bonchev–Trinajstić information content (AvgIpc) is 2.75. The van der Waals surface area contributed by atoms with E-state index in [1.165, 1.54) is 6.07 Å². The molecule has 32 heavy (non-hydrogen) atoms. The number of nitrogens with zero attached hydrogens (tertiary/aromatic N) is 2. The molecule has 0 saturated carbocycles. The molecule has 0 aromatic heterocycles. The first kappa shape index (κ1) is 22.9. The van der Waals surface area contributed by atoms with Crippen molar-refractivity contribution in [2.24, 2.45) is 5.73 Å². The lowest BCUT2D eigenvalue weighted by Gasteiger charge is -2.28. The van der Waals surface area contributed by atoms with Crippen LogP contribution < -0.4 is 16.0 Å². The summed E-state index contributed by atoms with van der Waals surface area (Å²) < 4.78 is 0. The molecule has 164 valence electrons. The van der Waals surface area contributed by atoms with Crippen molar-refractivity contribution in [2.45, 2.75) is 26.2 Å². The molecule has 0 fully saturated rings.